The van der Waals surface area contributed by atoms with Crippen LogP contribution in [0, 0.1) is 18.8 Å². The van der Waals surface area contributed by atoms with E-state index in [-0.39, 0.29) is 24.3 Å². The SMILES string of the molecule is Cc1cccc(N=c2scc(CN3C(=O)c4ccccc4C3=O)n2[C@@H](Cc2c[nH]c3ccccc23)C(=O)NCC2CCCC(CN)C2)c1. The maximum absolute atomic E-state index is 14.5. The van der Waals surface area contributed by atoms with Gasteiger partial charge in [0.15, 0.2) is 4.80 Å². The molecule has 2 aromatic heterocycles. The van der Waals surface area contributed by atoms with Crippen LogP contribution >= 0.6 is 11.3 Å². The molecule has 2 unspecified atom stereocenters. The number of aryl methyl sites for hydroxylation is 1. The average molecular weight is 661 g/mol. The highest BCUT2D eigenvalue weighted by Crippen LogP contribution is 2.30. The number of carbonyl (C=O) groups is 3. The van der Waals surface area contributed by atoms with Gasteiger partial charge in [-0.1, -0.05) is 48.9 Å². The molecular formula is C38H40N6O3S. The van der Waals surface area contributed by atoms with Crippen molar-refractivity contribution in [3.8, 4) is 0 Å². The normalized spacial score (nSPS) is 18.8. The summed E-state index contributed by atoms with van der Waals surface area (Å²) in [7, 11) is 0. The summed E-state index contributed by atoms with van der Waals surface area (Å²) in [5.41, 5.74) is 11.3. The first-order valence-electron chi connectivity index (χ1n) is 16.7. The second kappa shape index (κ2) is 13.7. The molecule has 48 heavy (non-hydrogen) atoms. The van der Waals surface area contributed by atoms with Crippen LogP contribution in [0.1, 0.15) is 69.3 Å². The maximum atomic E-state index is 14.5. The topological polar surface area (TPSA) is 126 Å². The fourth-order valence-corrected chi connectivity index (χ4v) is 8.16. The molecular weight excluding hydrogens is 621 g/mol. The lowest BCUT2D eigenvalue weighted by Gasteiger charge is -2.29. The average Bonchev–Trinajstić information content (AvgIpc) is 3.77. The van der Waals surface area contributed by atoms with Crippen LogP contribution < -0.4 is 15.9 Å². The number of aromatic nitrogens is 2. The largest absolute Gasteiger partial charge is 0.361 e. The number of nitrogens with one attached hydrogen (secondary N) is 2. The van der Waals surface area contributed by atoms with Crippen LogP contribution in [0.5, 0.6) is 0 Å². The van der Waals surface area contributed by atoms with Gasteiger partial charge in [0.25, 0.3) is 11.8 Å². The van der Waals surface area contributed by atoms with Gasteiger partial charge < -0.3 is 20.6 Å². The predicted molar refractivity (Wildman–Crippen MR) is 188 cm³/mol. The number of imide groups is 1. The molecule has 1 fully saturated rings. The monoisotopic (exact) mass is 660 g/mol. The van der Waals surface area contributed by atoms with Crippen molar-refractivity contribution in [2.75, 3.05) is 13.1 Å². The summed E-state index contributed by atoms with van der Waals surface area (Å²) in [4.78, 5) is 51.7. The zero-order valence-corrected chi connectivity index (χ0v) is 27.8. The number of rotatable bonds is 10. The molecule has 2 aliphatic rings. The van der Waals surface area contributed by atoms with E-state index in [1.807, 2.05) is 65.5 Å². The molecule has 7 rings (SSSR count). The molecule has 0 bridgehead atoms. The number of nitrogens with zero attached hydrogens (tertiary/aromatic N) is 3. The van der Waals surface area contributed by atoms with Gasteiger partial charge in [-0.25, -0.2) is 4.99 Å². The Balaban J connectivity index is 1.30. The number of amides is 3. The third-order valence-corrected chi connectivity index (χ3v) is 10.6. The minimum Gasteiger partial charge on any atom is -0.361 e. The van der Waals surface area contributed by atoms with E-state index < -0.39 is 6.04 Å². The Hall–Kier alpha value is -4.80. The Kier molecular flexibility index (Phi) is 9.10. The standard InChI is InChI=1S/C38H40N6O3S/c1-24-8-6-11-28(16-24)42-38-44(29(23-48-38)22-43-36(46)31-13-2-3-14-32(31)37(43)47)34(18-27-21-40-33-15-5-4-12-30(27)33)35(45)41-20-26-10-7-9-25(17-26)19-39/h2-6,8,11-16,21,23,25-26,34,40H,7,9-10,17-20,22,39H2,1H3,(H,41,45)/t25?,26?,34-/m0/s1. The zero-order valence-electron chi connectivity index (χ0n) is 27.0. The molecule has 3 amide bonds. The molecule has 3 atom stereocenters. The smallest absolute Gasteiger partial charge is 0.261 e. The second-order valence-electron chi connectivity index (χ2n) is 13.0. The van der Waals surface area contributed by atoms with Crippen molar-refractivity contribution in [2.45, 2.75) is 51.6 Å². The summed E-state index contributed by atoms with van der Waals surface area (Å²) in [6.07, 6.45) is 6.68. The van der Waals surface area contributed by atoms with E-state index >= 15 is 0 Å². The van der Waals surface area contributed by atoms with E-state index in [1.54, 1.807) is 24.3 Å². The summed E-state index contributed by atoms with van der Waals surface area (Å²) in [6, 6.07) is 22.2. The van der Waals surface area contributed by atoms with Gasteiger partial charge in [0.2, 0.25) is 5.91 Å². The summed E-state index contributed by atoms with van der Waals surface area (Å²) >= 11 is 1.40. The fraction of sp³-hybridized carbons (Fsp3) is 0.316. The van der Waals surface area contributed by atoms with Crippen molar-refractivity contribution in [1.82, 2.24) is 19.8 Å². The highest BCUT2D eigenvalue weighted by molar-refractivity contribution is 7.07. The molecule has 0 spiro atoms. The summed E-state index contributed by atoms with van der Waals surface area (Å²) in [5, 5.41) is 6.27. The molecule has 5 aromatic rings. The highest BCUT2D eigenvalue weighted by Gasteiger charge is 2.37. The number of nitrogens with two attached hydrogens (primary N) is 1. The van der Waals surface area contributed by atoms with Crippen molar-refractivity contribution >= 4 is 45.6 Å². The number of thiazole rings is 1. The number of aromatic amines is 1. The number of hydrogen-bond acceptors (Lipinski definition) is 6. The summed E-state index contributed by atoms with van der Waals surface area (Å²) in [5.74, 6) is 0.0549. The molecule has 0 radical (unpaired) electrons. The Morgan fingerprint density at radius 1 is 1.02 bits per heavy atom. The van der Waals surface area contributed by atoms with Crippen LogP contribution in [-0.2, 0) is 17.8 Å². The van der Waals surface area contributed by atoms with Crippen molar-refractivity contribution < 1.29 is 14.4 Å². The predicted octanol–water partition coefficient (Wildman–Crippen LogP) is 6.03. The Morgan fingerprint density at radius 3 is 2.54 bits per heavy atom. The van der Waals surface area contributed by atoms with Crippen LogP contribution in [0.4, 0.5) is 5.69 Å². The van der Waals surface area contributed by atoms with Crippen molar-refractivity contribution in [2.24, 2.45) is 22.6 Å². The van der Waals surface area contributed by atoms with E-state index in [2.05, 4.69) is 16.4 Å². The number of hydrogen-bond donors (Lipinski definition) is 3. The van der Waals surface area contributed by atoms with Gasteiger partial charge in [0, 0.05) is 35.4 Å². The third kappa shape index (κ3) is 6.37. The van der Waals surface area contributed by atoms with Crippen LogP contribution in [-0.4, -0.2) is 45.3 Å². The summed E-state index contributed by atoms with van der Waals surface area (Å²) < 4.78 is 1.94. The van der Waals surface area contributed by atoms with Gasteiger partial charge in [0.05, 0.1) is 29.1 Å². The van der Waals surface area contributed by atoms with Crippen LogP contribution in [0.15, 0.2) is 89.4 Å². The molecule has 246 valence electrons. The third-order valence-electron chi connectivity index (χ3n) is 9.73. The van der Waals surface area contributed by atoms with Gasteiger partial charge in [0.1, 0.15) is 6.04 Å². The molecule has 9 nitrogen and oxygen atoms in total. The molecule has 3 heterocycles. The first kappa shape index (κ1) is 31.8. The highest BCUT2D eigenvalue weighted by atomic mass is 32.1. The number of benzene rings is 3. The quantitative estimate of drug-likeness (QED) is 0.158. The van der Waals surface area contributed by atoms with Crippen LogP contribution in [0.2, 0.25) is 0 Å². The lowest BCUT2D eigenvalue weighted by Crippen LogP contribution is -2.41. The van der Waals surface area contributed by atoms with Crippen molar-refractivity contribution in [3.05, 3.63) is 117 Å². The molecule has 1 saturated carbocycles. The number of H-pyrrole nitrogens is 1. The van der Waals surface area contributed by atoms with E-state index in [0.717, 1.165) is 53.4 Å². The number of carbonyl (C=O) groups excluding carboxylic acids is 3. The van der Waals surface area contributed by atoms with Gasteiger partial charge in [-0.05, 0) is 86.0 Å². The van der Waals surface area contributed by atoms with Gasteiger partial charge in [-0.2, -0.15) is 0 Å². The lowest BCUT2D eigenvalue weighted by molar-refractivity contribution is -0.124. The molecule has 1 aliphatic carbocycles. The molecule has 3 aromatic carbocycles. The van der Waals surface area contributed by atoms with Crippen LogP contribution in [0.3, 0.4) is 0 Å². The van der Waals surface area contributed by atoms with Crippen molar-refractivity contribution in [1.29, 1.82) is 0 Å². The first-order valence-corrected chi connectivity index (χ1v) is 17.6. The lowest BCUT2D eigenvalue weighted by atomic mass is 9.81. The van der Waals surface area contributed by atoms with E-state index in [1.165, 1.54) is 16.2 Å². The summed E-state index contributed by atoms with van der Waals surface area (Å²) in [6.45, 7) is 3.28. The van der Waals surface area contributed by atoms with E-state index in [4.69, 9.17) is 10.7 Å². The molecule has 0 saturated heterocycles. The Morgan fingerprint density at radius 2 is 1.77 bits per heavy atom. The number of fused-ring (bicyclic) bond motifs is 2. The molecule has 1 aliphatic heterocycles. The van der Waals surface area contributed by atoms with Gasteiger partial charge in [-0.3, -0.25) is 19.3 Å². The fourth-order valence-electron chi connectivity index (χ4n) is 7.21. The maximum Gasteiger partial charge on any atom is 0.261 e. The van der Waals surface area contributed by atoms with Gasteiger partial charge in [-0.15, -0.1) is 11.3 Å². The molecule has 4 N–H and O–H groups in total. The minimum atomic E-state index is -0.696. The van der Waals surface area contributed by atoms with E-state index in [9.17, 15) is 14.4 Å². The first-order chi connectivity index (χ1) is 23.4. The van der Waals surface area contributed by atoms with E-state index in [0.29, 0.717) is 53.0 Å². The second-order valence-corrected chi connectivity index (χ2v) is 13.9. The zero-order chi connectivity index (χ0) is 33.2. The minimum absolute atomic E-state index is 0.0185. The van der Waals surface area contributed by atoms with Gasteiger partial charge >= 0.3 is 0 Å². The number of para-hydroxylation sites is 1. The van der Waals surface area contributed by atoms with Crippen LogP contribution in [0.25, 0.3) is 10.9 Å². The Bertz CT molecular complexity index is 2020. The molecule has 10 heteroatoms. The Labute approximate surface area is 283 Å². The van der Waals surface area contributed by atoms with Crippen molar-refractivity contribution in [3.63, 3.8) is 0 Å².